The van der Waals surface area contributed by atoms with Crippen molar-refractivity contribution in [1.82, 2.24) is 0 Å². The highest BCUT2D eigenvalue weighted by Crippen LogP contribution is 2.64. The van der Waals surface area contributed by atoms with E-state index >= 15 is 0 Å². The second kappa shape index (κ2) is 4.82. The normalized spacial score (nSPS) is 23.1. The van der Waals surface area contributed by atoms with Crippen LogP contribution in [0.2, 0.25) is 0 Å². The summed E-state index contributed by atoms with van der Waals surface area (Å²) in [7, 11) is 4.85. The van der Waals surface area contributed by atoms with Crippen LogP contribution in [0.4, 0.5) is 0 Å². The van der Waals surface area contributed by atoms with Crippen LogP contribution in [0.15, 0.2) is 0 Å². The lowest BCUT2D eigenvalue weighted by molar-refractivity contribution is -0.894. The topological polar surface area (TPSA) is 0 Å². The number of piperidine rings is 1. The lowest BCUT2D eigenvalue weighted by Gasteiger charge is -2.49. The smallest absolute Gasteiger partial charge is 0.0788 e. The number of hydrogen-bond acceptors (Lipinski definition) is 0. The molecule has 0 saturated carbocycles. The molecule has 0 aromatic carbocycles. The van der Waals surface area contributed by atoms with Crippen LogP contribution < -0.4 is 0 Å². The Bertz CT molecular complexity index is 233. The summed E-state index contributed by atoms with van der Waals surface area (Å²) >= 11 is 0. The second-order valence-electron chi connectivity index (χ2n) is 8.33. The van der Waals surface area contributed by atoms with E-state index in [1.165, 1.54) is 30.4 Å². The maximum Gasteiger partial charge on any atom is 0.0788 e. The van der Waals surface area contributed by atoms with E-state index in [4.69, 9.17) is 0 Å². The van der Waals surface area contributed by atoms with Crippen molar-refractivity contribution in [2.45, 2.75) is 70.4 Å². The van der Waals surface area contributed by atoms with Crippen molar-refractivity contribution in [2.24, 2.45) is 0 Å². The first kappa shape index (κ1) is 15.4. The molecule has 2 heteroatoms. The highest BCUT2D eigenvalue weighted by molar-refractivity contribution is 7.61. The predicted octanol–water partition coefficient (Wildman–Crippen LogP) is 4.30. The molecule has 0 aromatic heterocycles. The van der Waals surface area contributed by atoms with Crippen LogP contribution in [0, 0.1) is 0 Å². The number of nitrogens with zero attached hydrogens (tertiary/aromatic N) is 1. The maximum absolute atomic E-state index is 2.46. The average molecular weight is 258 g/mol. The number of quaternary nitrogens is 1. The van der Waals surface area contributed by atoms with Gasteiger partial charge in [-0.15, -0.1) is 0 Å². The van der Waals surface area contributed by atoms with Gasteiger partial charge in [-0.25, -0.2) is 0 Å². The van der Waals surface area contributed by atoms with Gasteiger partial charge in [0.15, 0.2) is 0 Å². The molecule has 17 heavy (non-hydrogen) atoms. The molecule has 102 valence electrons. The van der Waals surface area contributed by atoms with E-state index in [1.807, 2.05) is 0 Å². The van der Waals surface area contributed by atoms with Crippen molar-refractivity contribution in [3.8, 4) is 0 Å². The standard InChI is InChI=1S/C15H33NP/c1-14(2,3)17(15(4,5)6)13-9-11-16(7,8)12-10-13/h13H,9-12H2,1-8H3/q+1. The third-order valence-corrected chi connectivity index (χ3v) is 8.08. The molecule has 1 aliphatic heterocycles. The van der Waals surface area contributed by atoms with Crippen molar-refractivity contribution in [1.29, 1.82) is 0 Å². The molecule has 1 aliphatic rings. The summed E-state index contributed by atoms with van der Waals surface area (Å²) in [5.74, 6) is 0. The van der Waals surface area contributed by atoms with Crippen molar-refractivity contribution in [3.05, 3.63) is 0 Å². The summed E-state index contributed by atoms with van der Waals surface area (Å²) in [4.78, 5) is 0. The molecule has 1 heterocycles. The molecule has 1 saturated heterocycles. The zero-order chi connectivity index (χ0) is 13.5. The Balaban J connectivity index is 2.81. The van der Waals surface area contributed by atoms with Crippen LogP contribution >= 0.6 is 7.92 Å². The van der Waals surface area contributed by atoms with Crippen LogP contribution in [0.3, 0.4) is 0 Å². The van der Waals surface area contributed by atoms with E-state index in [-0.39, 0.29) is 7.92 Å². The Morgan fingerprint density at radius 3 is 1.47 bits per heavy atom. The minimum Gasteiger partial charge on any atom is -0.328 e. The van der Waals surface area contributed by atoms with Crippen LogP contribution in [0.1, 0.15) is 54.4 Å². The van der Waals surface area contributed by atoms with E-state index < -0.39 is 0 Å². The Labute approximate surface area is 110 Å². The molecule has 0 unspecified atom stereocenters. The SMILES string of the molecule is CC(C)(C)P(C1CC[N+](C)(C)CC1)C(C)(C)C. The largest absolute Gasteiger partial charge is 0.328 e. The van der Waals surface area contributed by atoms with Gasteiger partial charge >= 0.3 is 0 Å². The molecule has 0 spiro atoms. The van der Waals surface area contributed by atoms with Gasteiger partial charge in [0.25, 0.3) is 0 Å². The van der Waals surface area contributed by atoms with Crippen molar-refractivity contribution in [3.63, 3.8) is 0 Å². The summed E-state index contributed by atoms with van der Waals surface area (Å²) in [6, 6.07) is 0. The minimum atomic E-state index is 0.0876. The number of likely N-dealkylation sites (tertiary alicyclic amines) is 1. The fraction of sp³-hybridized carbons (Fsp3) is 1.00. The Morgan fingerprint density at radius 1 is 0.824 bits per heavy atom. The summed E-state index contributed by atoms with van der Waals surface area (Å²) in [6.45, 7) is 17.5. The van der Waals surface area contributed by atoms with Crippen LogP contribution in [0.25, 0.3) is 0 Å². The van der Waals surface area contributed by atoms with E-state index in [1.54, 1.807) is 0 Å². The first-order valence-corrected chi connectivity index (χ1v) is 8.46. The van der Waals surface area contributed by atoms with E-state index in [9.17, 15) is 0 Å². The zero-order valence-electron chi connectivity index (χ0n) is 13.3. The average Bonchev–Trinajstić information content (AvgIpc) is 2.03. The first-order valence-electron chi connectivity index (χ1n) is 7.05. The van der Waals surface area contributed by atoms with Gasteiger partial charge in [-0.3, -0.25) is 0 Å². The van der Waals surface area contributed by atoms with Crippen molar-refractivity contribution in [2.75, 3.05) is 27.2 Å². The monoisotopic (exact) mass is 258 g/mol. The van der Waals surface area contributed by atoms with Gasteiger partial charge in [0.05, 0.1) is 27.2 Å². The third-order valence-electron chi connectivity index (χ3n) is 3.95. The summed E-state index contributed by atoms with van der Waals surface area (Å²) in [5, 5.41) is 0.986. The molecule has 0 amide bonds. The lowest BCUT2D eigenvalue weighted by Crippen LogP contribution is -2.48. The van der Waals surface area contributed by atoms with E-state index in [0.29, 0.717) is 10.3 Å². The van der Waals surface area contributed by atoms with Gasteiger partial charge in [0.2, 0.25) is 0 Å². The molecular formula is C15H33NP+. The molecule has 0 aromatic rings. The number of hydrogen-bond donors (Lipinski definition) is 0. The van der Waals surface area contributed by atoms with Crippen LogP contribution in [-0.2, 0) is 0 Å². The maximum atomic E-state index is 2.46. The second-order valence-corrected chi connectivity index (χ2v) is 12.5. The Morgan fingerprint density at radius 2 is 1.18 bits per heavy atom. The van der Waals surface area contributed by atoms with Gasteiger partial charge < -0.3 is 4.48 Å². The summed E-state index contributed by atoms with van der Waals surface area (Å²) < 4.78 is 1.23. The van der Waals surface area contributed by atoms with Crippen molar-refractivity contribution >= 4 is 7.92 Å². The molecule has 0 aliphatic carbocycles. The molecule has 1 nitrogen and oxygen atoms in total. The molecule has 1 fully saturated rings. The molecule has 0 radical (unpaired) electrons. The fourth-order valence-corrected chi connectivity index (χ4v) is 8.56. The predicted molar refractivity (Wildman–Crippen MR) is 81.3 cm³/mol. The highest BCUT2D eigenvalue weighted by atomic mass is 31.1. The van der Waals surface area contributed by atoms with Crippen LogP contribution in [-0.4, -0.2) is 47.6 Å². The molecule has 0 N–H and O–H groups in total. The van der Waals surface area contributed by atoms with Gasteiger partial charge in [-0.2, -0.15) is 0 Å². The van der Waals surface area contributed by atoms with Gasteiger partial charge in [-0.05, 0) is 16.0 Å². The van der Waals surface area contributed by atoms with Gasteiger partial charge in [-0.1, -0.05) is 49.5 Å². The summed E-state index contributed by atoms with van der Waals surface area (Å²) in [6.07, 6.45) is 2.88. The minimum absolute atomic E-state index is 0.0876. The lowest BCUT2D eigenvalue weighted by atomic mass is 10.1. The van der Waals surface area contributed by atoms with E-state index in [0.717, 1.165) is 5.66 Å². The zero-order valence-corrected chi connectivity index (χ0v) is 14.2. The van der Waals surface area contributed by atoms with Crippen LogP contribution in [0.5, 0.6) is 0 Å². The molecular weight excluding hydrogens is 225 g/mol. The van der Waals surface area contributed by atoms with E-state index in [2.05, 4.69) is 55.6 Å². The first-order chi connectivity index (χ1) is 7.43. The molecule has 1 rings (SSSR count). The summed E-state index contributed by atoms with van der Waals surface area (Å²) in [5.41, 5.74) is 0.983. The third kappa shape index (κ3) is 4.21. The fourth-order valence-electron chi connectivity index (χ4n) is 3.61. The van der Waals surface area contributed by atoms with Gasteiger partial charge in [0.1, 0.15) is 0 Å². The Hall–Kier alpha value is 0.390. The molecule has 0 atom stereocenters. The Kier molecular flexibility index (Phi) is 4.38. The number of rotatable bonds is 1. The van der Waals surface area contributed by atoms with Crippen molar-refractivity contribution < 1.29 is 4.48 Å². The van der Waals surface area contributed by atoms with Gasteiger partial charge in [0, 0.05) is 12.8 Å². The molecule has 0 bridgehead atoms. The highest BCUT2D eigenvalue weighted by Gasteiger charge is 2.42. The quantitative estimate of drug-likeness (QED) is 0.486.